The molecule has 0 aromatic carbocycles. The number of hydrogen-bond donors (Lipinski definition) is 1. The smallest absolute Gasteiger partial charge is 0.117 e. The van der Waals surface area contributed by atoms with Gasteiger partial charge in [0.25, 0.3) is 0 Å². The fourth-order valence-corrected chi connectivity index (χ4v) is 1.50. The van der Waals surface area contributed by atoms with Crippen molar-refractivity contribution in [3.63, 3.8) is 0 Å². The van der Waals surface area contributed by atoms with E-state index in [4.69, 9.17) is 11.0 Å². The zero-order valence-corrected chi connectivity index (χ0v) is 6.77. The lowest BCUT2D eigenvalue weighted by Crippen LogP contribution is -1.99. The summed E-state index contributed by atoms with van der Waals surface area (Å²) < 4.78 is 0. The first-order valence-electron chi connectivity index (χ1n) is 4.22. The topological polar surface area (TPSA) is 49.8 Å². The highest BCUT2D eigenvalue weighted by atomic mass is 14.6. The van der Waals surface area contributed by atoms with E-state index >= 15 is 0 Å². The fourth-order valence-electron chi connectivity index (χ4n) is 1.50. The SMILES string of the molecule is N#CC(N)=C1CCCCCC1. The minimum Gasteiger partial charge on any atom is -0.390 e. The number of nitriles is 1. The predicted molar refractivity (Wildman–Crippen MR) is 44.5 cm³/mol. The van der Waals surface area contributed by atoms with E-state index in [2.05, 4.69) is 0 Å². The molecular formula is C9H14N2. The van der Waals surface area contributed by atoms with Gasteiger partial charge in [0.2, 0.25) is 0 Å². The van der Waals surface area contributed by atoms with Gasteiger partial charge in [0.05, 0.1) is 0 Å². The maximum atomic E-state index is 8.55. The van der Waals surface area contributed by atoms with E-state index in [0.29, 0.717) is 5.70 Å². The largest absolute Gasteiger partial charge is 0.390 e. The average molecular weight is 150 g/mol. The van der Waals surface area contributed by atoms with E-state index in [9.17, 15) is 0 Å². The highest BCUT2D eigenvalue weighted by molar-refractivity contribution is 5.24. The summed E-state index contributed by atoms with van der Waals surface area (Å²) in [7, 11) is 0. The molecule has 11 heavy (non-hydrogen) atoms. The van der Waals surface area contributed by atoms with Crippen molar-refractivity contribution in [1.82, 2.24) is 0 Å². The molecule has 0 amide bonds. The highest BCUT2D eigenvalue weighted by Crippen LogP contribution is 2.22. The van der Waals surface area contributed by atoms with Gasteiger partial charge in [-0.2, -0.15) is 5.26 Å². The first-order valence-corrected chi connectivity index (χ1v) is 4.22. The Kier molecular flexibility index (Phi) is 2.97. The van der Waals surface area contributed by atoms with Crippen molar-refractivity contribution in [1.29, 1.82) is 5.26 Å². The summed E-state index contributed by atoms with van der Waals surface area (Å²) in [5, 5.41) is 8.55. The summed E-state index contributed by atoms with van der Waals surface area (Å²) in [5.41, 5.74) is 7.19. The molecule has 1 fully saturated rings. The van der Waals surface area contributed by atoms with E-state index in [1.807, 2.05) is 6.07 Å². The van der Waals surface area contributed by atoms with Crippen molar-refractivity contribution in [2.24, 2.45) is 5.73 Å². The van der Waals surface area contributed by atoms with Crippen LogP contribution in [-0.4, -0.2) is 0 Å². The van der Waals surface area contributed by atoms with Crippen molar-refractivity contribution in [3.8, 4) is 6.07 Å². The van der Waals surface area contributed by atoms with E-state index in [-0.39, 0.29) is 0 Å². The van der Waals surface area contributed by atoms with Crippen LogP contribution in [0.5, 0.6) is 0 Å². The lowest BCUT2D eigenvalue weighted by molar-refractivity contribution is 0.702. The summed E-state index contributed by atoms with van der Waals surface area (Å²) in [4.78, 5) is 0. The quantitative estimate of drug-likeness (QED) is 0.424. The zero-order chi connectivity index (χ0) is 8.10. The van der Waals surface area contributed by atoms with Crippen LogP contribution in [-0.2, 0) is 0 Å². The molecule has 0 heterocycles. The van der Waals surface area contributed by atoms with Gasteiger partial charge >= 0.3 is 0 Å². The van der Waals surface area contributed by atoms with Gasteiger partial charge in [-0.05, 0) is 31.3 Å². The van der Waals surface area contributed by atoms with Crippen molar-refractivity contribution in [2.75, 3.05) is 0 Å². The van der Waals surface area contributed by atoms with Crippen LogP contribution in [0.2, 0.25) is 0 Å². The highest BCUT2D eigenvalue weighted by Gasteiger charge is 2.07. The first-order chi connectivity index (χ1) is 5.34. The van der Waals surface area contributed by atoms with Gasteiger partial charge in [-0.25, -0.2) is 0 Å². The van der Waals surface area contributed by atoms with Crippen LogP contribution in [0.15, 0.2) is 11.3 Å². The molecule has 0 aromatic rings. The molecule has 0 aliphatic heterocycles. The molecule has 0 unspecified atom stereocenters. The van der Waals surface area contributed by atoms with Gasteiger partial charge in [0.15, 0.2) is 0 Å². The molecule has 1 aliphatic rings. The van der Waals surface area contributed by atoms with Crippen molar-refractivity contribution >= 4 is 0 Å². The molecule has 0 spiro atoms. The summed E-state index contributed by atoms with van der Waals surface area (Å²) in [5.74, 6) is 0. The zero-order valence-electron chi connectivity index (χ0n) is 6.77. The molecular weight excluding hydrogens is 136 g/mol. The molecule has 2 N–H and O–H groups in total. The van der Waals surface area contributed by atoms with Gasteiger partial charge < -0.3 is 5.73 Å². The average Bonchev–Trinajstić information content (AvgIpc) is 2.30. The van der Waals surface area contributed by atoms with Gasteiger partial charge in [0, 0.05) is 0 Å². The number of nitrogens with zero attached hydrogens (tertiary/aromatic N) is 1. The molecule has 0 saturated heterocycles. The summed E-state index contributed by atoms with van der Waals surface area (Å²) >= 11 is 0. The Morgan fingerprint density at radius 2 is 1.73 bits per heavy atom. The Bertz CT molecular complexity index is 188. The van der Waals surface area contributed by atoms with Crippen LogP contribution >= 0.6 is 0 Å². The van der Waals surface area contributed by atoms with Crippen molar-refractivity contribution < 1.29 is 0 Å². The minimum absolute atomic E-state index is 0.465. The third kappa shape index (κ3) is 2.27. The van der Waals surface area contributed by atoms with Crippen LogP contribution in [0.25, 0.3) is 0 Å². The second kappa shape index (κ2) is 4.02. The van der Waals surface area contributed by atoms with Crippen molar-refractivity contribution in [3.05, 3.63) is 11.3 Å². The molecule has 0 bridgehead atoms. The van der Waals surface area contributed by atoms with E-state index in [1.165, 1.54) is 31.3 Å². The van der Waals surface area contributed by atoms with Crippen molar-refractivity contribution in [2.45, 2.75) is 38.5 Å². The monoisotopic (exact) mass is 150 g/mol. The fraction of sp³-hybridized carbons (Fsp3) is 0.667. The standard InChI is InChI=1S/C9H14N2/c10-7-9(11)8-5-3-1-2-4-6-8/h1-6,11H2. The molecule has 1 saturated carbocycles. The van der Waals surface area contributed by atoms with Crippen LogP contribution in [0, 0.1) is 11.3 Å². The summed E-state index contributed by atoms with van der Waals surface area (Å²) in [6.07, 6.45) is 7.08. The van der Waals surface area contributed by atoms with Crippen LogP contribution < -0.4 is 5.73 Å². The Balaban J connectivity index is 2.63. The molecule has 0 aromatic heterocycles. The summed E-state index contributed by atoms with van der Waals surface area (Å²) in [6, 6.07) is 2.02. The van der Waals surface area contributed by atoms with E-state index < -0.39 is 0 Å². The normalized spacial score (nSPS) is 18.6. The lowest BCUT2D eigenvalue weighted by atomic mass is 10.1. The van der Waals surface area contributed by atoms with E-state index in [1.54, 1.807) is 0 Å². The predicted octanol–water partition coefficient (Wildman–Crippen LogP) is 2.08. The Morgan fingerprint density at radius 3 is 2.18 bits per heavy atom. The Labute approximate surface area is 67.7 Å². The molecule has 0 radical (unpaired) electrons. The molecule has 1 aliphatic carbocycles. The van der Waals surface area contributed by atoms with Crippen LogP contribution in [0.3, 0.4) is 0 Å². The molecule has 0 atom stereocenters. The van der Waals surface area contributed by atoms with Gasteiger partial charge in [-0.15, -0.1) is 0 Å². The number of nitrogens with two attached hydrogens (primary N) is 1. The molecule has 1 rings (SSSR count). The number of hydrogen-bond acceptors (Lipinski definition) is 2. The number of allylic oxidation sites excluding steroid dienone is 2. The van der Waals surface area contributed by atoms with Gasteiger partial charge in [-0.3, -0.25) is 0 Å². The van der Waals surface area contributed by atoms with Gasteiger partial charge in [0.1, 0.15) is 11.8 Å². The van der Waals surface area contributed by atoms with Crippen LogP contribution in [0.4, 0.5) is 0 Å². The minimum atomic E-state index is 0.465. The summed E-state index contributed by atoms with van der Waals surface area (Å²) in [6.45, 7) is 0. The lowest BCUT2D eigenvalue weighted by Gasteiger charge is -2.01. The second-order valence-electron chi connectivity index (χ2n) is 3.04. The van der Waals surface area contributed by atoms with E-state index in [0.717, 1.165) is 12.8 Å². The number of rotatable bonds is 0. The third-order valence-corrected chi connectivity index (χ3v) is 2.21. The Hall–Kier alpha value is -0.970. The first kappa shape index (κ1) is 8.13. The Morgan fingerprint density at radius 1 is 1.18 bits per heavy atom. The van der Waals surface area contributed by atoms with Gasteiger partial charge in [-0.1, -0.05) is 12.8 Å². The molecule has 2 nitrogen and oxygen atoms in total. The molecule has 60 valence electrons. The maximum absolute atomic E-state index is 8.55. The molecule has 2 heteroatoms. The third-order valence-electron chi connectivity index (χ3n) is 2.21. The second-order valence-corrected chi connectivity index (χ2v) is 3.04. The van der Waals surface area contributed by atoms with Crippen LogP contribution in [0.1, 0.15) is 38.5 Å². The maximum Gasteiger partial charge on any atom is 0.117 e.